The average molecular weight is 344 g/mol. The predicted octanol–water partition coefficient (Wildman–Crippen LogP) is 4.08. The first-order chi connectivity index (χ1) is 12.5. The minimum Gasteiger partial charge on any atom is -0.481 e. The maximum absolute atomic E-state index is 11.0. The Labute approximate surface area is 153 Å². The van der Waals surface area contributed by atoms with Gasteiger partial charge < -0.3 is 9.67 Å². The van der Waals surface area contributed by atoms with Crippen molar-refractivity contribution in [3.63, 3.8) is 0 Å². The molecule has 26 heavy (non-hydrogen) atoms. The summed E-state index contributed by atoms with van der Waals surface area (Å²) in [5, 5.41) is 9.07. The number of carboxylic acids is 1. The summed E-state index contributed by atoms with van der Waals surface area (Å²) in [4.78, 5) is 15.1. The second-order valence-corrected chi connectivity index (χ2v) is 6.28. The van der Waals surface area contributed by atoms with Crippen LogP contribution in [0, 0.1) is 25.7 Å². The Bertz CT molecular complexity index is 991. The van der Waals surface area contributed by atoms with Crippen molar-refractivity contribution in [2.45, 2.75) is 26.7 Å². The Hall–Kier alpha value is -3.32. The molecule has 1 aromatic heterocycles. The quantitative estimate of drug-likeness (QED) is 0.729. The Kier molecular flexibility index (Phi) is 4.90. The predicted molar refractivity (Wildman–Crippen MR) is 102 cm³/mol. The summed E-state index contributed by atoms with van der Waals surface area (Å²) >= 11 is 0. The van der Waals surface area contributed by atoms with Crippen molar-refractivity contribution < 1.29 is 9.90 Å². The third kappa shape index (κ3) is 3.52. The Balaban J connectivity index is 1.86. The van der Waals surface area contributed by atoms with Crippen molar-refractivity contribution in [1.82, 2.24) is 9.55 Å². The van der Waals surface area contributed by atoms with Crippen LogP contribution in [0.5, 0.6) is 0 Å². The summed E-state index contributed by atoms with van der Waals surface area (Å²) in [6, 6.07) is 11.4. The highest BCUT2D eigenvalue weighted by molar-refractivity contribution is 5.75. The smallest absolute Gasteiger partial charge is 0.310 e. The monoisotopic (exact) mass is 344 g/mol. The van der Waals surface area contributed by atoms with E-state index in [1.807, 2.05) is 47.2 Å². The van der Waals surface area contributed by atoms with Gasteiger partial charge in [-0.3, -0.25) is 4.79 Å². The molecule has 0 spiro atoms. The molecule has 1 unspecified atom stereocenters. The van der Waals surface area contributed by atoms with E-state index in [1.54, 1.807) is 19.4 Å². The van der Waals surface area contributed by atoms with Crippen LogP contribution in [0.25, 0.3) is 5.69 Å². The second-order valence-electron chi connectivity index (χ2n) is 6.28. The molecule has 1 N–H and O–H groups in total. The zero-order chi connectivity index (χ0) is 18.7. The number of benzene rings is 2. The zero-order valence-corrected chi connectivity index (χ0v) is 15.0. The van der Waals surface area contributed by atoms with Crippen LogP contribution < -0.4 is 0 Å². The van der Waals surface area contributed by atoms with Crippen LogP contribution in [-0.4, -0.2) is 20.6 Å². The van der Waals surface area contributed by atoms with Crippen LogP contribution >= 0.6 is 0 Å². The molecule has 4 heteroatoms. The van der Waals surface area contributed by atoms with Crippen LogP contribution in [0.1, 0.15) is 40.7 Å². The van der Waals surface area contributed by atoms with Gasteiger partial charge in [0.1, 0.15) is 0 Å². The molecule has 130 valence electrons. The van der Waals surface area contributed by atoms with Crippen molar-refractivity contribution in [3.05, 3.63) is 82.9 Å². The number of aromatic nitrogens is 2. The third-order valence-corrected chi connectivity index (χ3v) is 4.66. The van der Waals surface area contributed by atoms with Gasteiger partial charge in [0.05, 0.1) is 12.2 Å². The number of carboxylic acid groups (broad SMARTS) is 1. The highest BCUT2D eigenvalue weighted by atomic mass is 16.4. The van der Waals surface area contributed by atoms with Crippen LogP contribution in [0.2, 0.25) is 0 Å². The Morgan fingerprint density at radius 2 is 1.81 bits per heavy atom. The lowest BCUT2D eigenvalue weighted by Gasteiger charge is -2.11. The molecule has 0 saturated heterocycles. The van der Waals surface area contributed by atoms with E-state index in [-0.39, 0.29) is 0 Å². The summed E-state index contributed by atoms with van der Waals surface area (Å²) < 4.78 is 1.99. The van der Waals surface area contributed by atoms with Gasteiger partial charge in [0.15, 0.2) is 0 Å². The fraction of sp³-hybridized carbons (Fsp3) is 0.182. The van der Waals surface area contributed by atoms with E-state index >= 15 is 0 Å². The number of hydrogen-bond donors (Lipinski definition) is 1. The van der Waals surface area contributed by atoms with Crippen molar-refractivity contribution in [1.29, 1.82) is 0 Å². The topological polar surface area (TPSA) is 55.1 Å². The lowest BCUT2D eigenvalue weighted by molar-refractivity contribution is -0.138. The van der Waals surface area contributed by atoms with Crippen molar-refractivity contribution in [2.75, 3.05) is 0 Å². The fourth-order valence-electron chi connectivity index (χ4n) is 2.76. The van der Waals surface area contributed by atoms with Gasteiger partial charge in [-0.1, -0.05) is 24.0 Å². The van der Waals surface area contributed by atoms with E-state index in [0.29, 0.717) is 0 Å². The molecule has 0 saturated carbocycles. The molecule has 1 heterocycles. The summed E-state index contributed by atoms with van der Waals surface area (Å²) in [6.45, 7) is 5.83. The van der Waals surface area contributed by atoms with E-state index in [9.17, 15) is 4.79 Å². The van der Waals surface area contributed by atoms with Crippen molar-refractivity contribution in [2.24, 2.45) is 0 Å². The second kappa shape index (κ2) is 7.28. The molecule has 0 amide bonds. The summed E-state index contributed by atoms with van der Waals surface area (Å²) in [6.07, 6.45) is 5.47. The standard InChI is InChI=1S/C22H20N2O2/c1-15-16(2)21(24-13-12-23-14-24)11-10-19(15)7-4-18-5-8-20(9-6-18)17(3)22(25)26/h5-6,8-14,17H,1-3H3,(H,25,26). The van der Waals surface area contributed by atoms with E-state index in [2.05, 4.69) is 30.7 Å². The van der Waals surface area contributed by atoms with Gasteiger partial charge in [0.2, 0.25) is 0 Å². The number of hydrogen-bond acceptors (Lipinski definition) is 2. The molecule has 3 aromatic rings. The van der Waals surface area contributed by atoms with E-state index in [4.69, 9.17) is 5.11 Å². The first-order valence-electron chi connectivity index (χ1n) is 8.40. The van der Waals surface area contributed by atoms with Crippen LogP contribution in [0.15, 0.2) is 55.1 Å². The Morgan fingerprint density at radius 1 is 1.08 bits per heavy atom. The largest absolute Gasteiger partial charge is 0.481 e. The van der Waals surface area contributed by atoms with Crippen molar-refractivity contribution in [3.8, 4) is 17.5 Å². The maximum Gasteiger partial charge on any atom is 0.310 e. The molecule has 4 nitrogen and oxygen atoms in total. The van der Waals surface area contributed by atoms with Gasteiger partial charge in [-0.15, -0.1) is 0 Å². The minimum absolute atomic E-state index is 0.516. The van der Waals surface area contributed by atoms with Gasteiger partial charge in [-0.2, -0.15) is 0 Å². The molecule has 3 rings (SSSR count). The zero-order valence-electron chi connectivity index (χ0n) is 15.0. The average Bonchev–Trinajstić information content (AvgIpc) is 3.17. The van der Waals surface area contributed by atoms with E-state index < -0.39 is 11.9 Å². The first kappa shape index (κ1) is 17.5. The molecule has 0 fully saturated rings. The molecule has 1 atom stereocenters. The molecule has 0 bridgehead atoms. The first-order valence-corrected chi connectivity index (χ1v) is 8.40. The molecular formula is C22H20N2O2. The molecular weight excluding hydrogens is 324 g/mol. The van der Waals surface area contributed by atoms with Crippen LogP contribution in [-0.2, 0) is 4.79 Å². The number of rotatable bonds is 3. The molecule has 0 aliphatic carbocycles. The molecule has 0 aliphatic rings. The maximum atomic E-state index is 11.0. The number of nitrogens with zero attached hydrogens (tertiary/aromatic N) is 2. The van der Waals surface area contributed by atoms with E-state index in [1.165, 1.54) is 5.56 Å². The fourth-order valence-corrected chi connectivity index (χ4v) is 2.76. The van der Waals surface area contributed by atoms with Crippen molar-refractivity contribution >= 4 is 5.97 Å². The summed E-state index contributed by atoms with van der Waals surface area (Å²) in [5.74, 6) is 5.04. The third-order valence-electron chi connectivity index (χ3n) is 4.66. The highest BCUT2D eigenvalue weighted by Gasteiger charge is 2.12. The molecule has 2 aromatic carbocycles. The normalized spacial score (nSPS) is 11.5. The van der Waals surface area contributed by atoms with E-state index in [0.717, 1.165) is 27.9 Å². The minimum atomic E-state index is -0.826. The van der Waals surface area contributed by atoms with Gasteiger partial charge in [-0.25, -0.2) is 4.98 Å². The number of imidazole rings is 1. The Morgan fingerprint density at radius 3 is 2.42 bits per heavy atom. The lowest BCUT2D eigenvalue weighted by Crippen LogP contribution is -2.06. The number of aliphatic carboxylic acids is 1. The molecule has 0 radical (unpaired) electrons. The summed E-state index contributed by atoms with van der Waals surface area (Å²) in [7, 11) is 0. The SMILES string of the molecule is Cc1c(C#Cc2ccc(C(C)C(=O)O)cc2)ccc(-n2ccnc2)c1C. The highest BCUT2D eigenvalue weighted by Crippen LogP contribution is 2.21. The number of carbonyl (C=O) groups is 1. The van der Waals surface area contributed by atoms with Crippen LogP contribution in [0.4, 0.5) is 0 Å². The van der Waals surface area contributed by atoms with Crippen LogP contribution in [0.3, 0.4) is 0 Å². The van der Waals surface area contributed by atoms with Gasteiger partial charge in [-0.05, 0) is 61.7 Å². The van der Waals surface area contributed by atoms with Gasteiger partial charge in [0.25, 0.3) is 0 Å². The summed E-state index contributed by atoms with van der Waals surface area (Å²) in [5.41, 5.74) is 6.02. The molecule has 0 aliphatic heterocycles. The lowest BCUT2D eigenvalue weighted by atomic mass is 9.99. The van der Waals surface area contributed by atoms with Gasteiger partial charge >= 0.3 is 5.97 Å². The van der Waals surface area contributed by atoms with Gasteiger partial charge in [0, 0.05) is 29.2 Å².